The molecule has 23 heavy (non-hydrogen) atoms. The summed E-state index contributed by atoms with van der Waals surface area (Å²) in [4.78, 5) is 0. The number of aromatic nitrogens is 3. The van der Waals surface area contributed by atoms with E-state index in [0.29, 0.717) is 11.0 Å². The minimum Gasteiger partial charge on any atom is -0.496 e. The molecule has 3 rings (SSSR count). The van der Waals surface area contributed by atoms with E-state index >= 15 is 0 Å². The molecule has 0 aliphatic rings. The highest BCUT2D eigenvalue weighted by Gasteiger charge is 2.15. The number of benzene rings is 2. The van der Waals surface area contributed by atoms with Crippen LogP contribution >= 0.6 is 11.8 Å². The Bertz CT molecular complexity index is 816. The Kier molecular flexibility index (Phi) is 4.52. The summed E-state index contributed by atoms with van der Waals surface area (Å²) in [6.45, 7) is 2.10. The number of thioether (sulfide) groups is 1. The number of methoxy groups -OCH3 is 1. The van der Waals surface area contributed by atoms with Crippen molar-refractivity contribution in [3.8, 4) is 17.1 Å². The van der Waals surface area contributed by atoms with E-state index in [0.717, 1.165) is 17.1 Å². The maximum absolute atomic E-state index is 6.18. The van der Waals surface area contributed by atoms with Gasteiger partial charge in [0.15, 0.2) is 5.82 Å². The number of ether oxygens (including phenoxy) is 1. The normalized spacial score (nSPS) is 10.7. The smallest absolute Gasteiger partial charge is 0.210 e. The molecule has 5 nitrogen and oxygen atoms in total. The van der Waals surface area contributed by atoms with Crippen molar-refractivity contribution in [1.29, 1.82) is 0 Å². The van der Waals surface area contributed by atoms with Crippen LogP contribution in [0.2, 0.25) is 0 Å². The average molecular weight is 326 g/mol. The van der Waals surface area contributed by atoms with Gasteiger partial charge in [-0.05, 0) is 30.2 Å². The molecule has 0 aliphatic carbocycles. The summed E-state index contributed by atoms with van der Waals surface area (Å²) in [5.74, 6) is 8.29. The lowest BCUT2D eigenvalue weighted by atomic mass is 10.1. The predicted octanol–water partition coefficient (Wildman–Crippen LogP) is 3.27. The minimum absolute atomic E-state index is 0.592. The topological polar surface area (TPSA) is 66.0 Å². The zero-order chi connectivity index (χ0) is 16.2. The molecule has 1 heterocycles. The monoisotopic (exact) mass is 326 g/mol. The molecule has 0 fully saturated rings. The Labute approximate surface area is 139 Å². The maximum atomic E-state index is 6.18. The number of para-hydroxylation sites is 1. The first-order valence-electron chi connectivity index (χ1n) is 7.22. The quantitative estimate of drug-likeness (QED) is 0.576. The standard InChI is InChI=1S/C17H18N4OS/c1-12-7-3-4-8-13(12)11-23-17-20-19-16(21(17)18)14-9-5-6-10-15(14)22-2/h3-10H,11,18H2,1-2H3. The largest absolute Gasteiger partial charge is 0.496 e. The lowest BCUT2D eigenvalue weighted by Gasteiger charge is -2.08. The van der Waals surface area contributed by atoms with Gasteiger partial charge in [0.2, 0.25) is 5.16 Å². The van der Waals surface area contributed by atoms with Crippen LogP contribution in [0.25, 0.3) is 11.4 Å². The van der Waals surface area contributed by atoms with E-state index in [1.807, 2.05) is 36.4 Å². The first-order chi connectivity index (χ1) is 11.2. The van der Waals surface area contributed by atoms with Gasteiger partial charge in [-0.15, -0.1) is 10.2 Å². The van der Waals surface area contributed by atoms with Crippen molar-refractivity contribution >= 4 is 11.8 Å². The fourth-order valence-corrected chi connectivity index (χ4v) is 3.24. The number of aryl methyl sites for hydroxylation is 1. The zero-order valence-corrected chi connectivity index (χ0v) is 13.9. The third-order valence-corrected chi connectivity index (χ3v) is 4.62. The Morgan fingerprint density at radius 2 is 1.83 bits per heavy atom. The summed E-state index contributed by atoms with van der Waals surface area (Å²) < 4.78 is 6.88. The molecule has 0 saturated heterocycles. The third-order valence-electron chi connectivity index (χ3n) is 3.63. The predicted molar refractivity (Wildman–Crippen MR) is 92.9 cm³/mol. The van der Waals surface area contributed by atoms with Gasteiger partial charge in [0.25, 0.3) is 0 Å². The second-order valence-corrected chi connectivity index (χ2v) is 6.03. The Balaban J connectivity index is 1.84. The van der Waals surface area contributed by atoms with Gasteiger partial charge in [0.1, 0.15) is 5.75 Å². The Morgan fingerprint density at radius 1 is 1.09 bits per heavy atom. The van der Waals surface area contributed by atoms with Crippen LogP contribution in [0.3, 0.4) is 0 Å². The molecule has 2 aromatic carbocycles. The highest BCUT2D eigenvalue weighted by molar-refractivity contribution is 7.98. The van der Waals surface area contributed by atoms with Gasteiger partial charge < -0.3 is 10.6 Å². The second kappa shape index (κ2) is 6.75. The molecule has 3 aromatic rings. The number of hydrogen-bond acceptors (Lipinski definition) is 5. The molecule has 0 bridgehead atoms. The summed E-state index contributed by atoms with van der Waals surface area (Å²) in [5, 5.41) is 9.10. The molecule has 0 unspecified atom stereocenters. The highest BCUT2D eigenvalue weighted by atomic mass is 32.2. The van der Waals surface area contributed by atoms with Crippen LogP contribution in [-0.4, -0.2) is 22.0 Å². The van der Waals surface area contributed by atoms with Crippen LogP contribution in [0.5, 0.6) is 5.75 Å². The van der Waals surface area contributed by atoms with E-state index in [1.54, 1.807) is 18.9 Å². The molecule has 0 spiro atoms. The van der Waals surface area contributed by atoms with E-state index in [-0.39, 0.29) is 0 Å². The molecule has 6 heteroatoms. The van der Waals surface area contributed by atoms with Crippen molar-refractivity contribution in [1.82, 2.24) is 14.9 Å². The van der Waals surface area contributed by atoms with Gasteiger partial charge >= 0.3 is 0 Å². The van der Waals surface area contributed by atoms with Gasteiger partial charge in [0.05, 0.1) is 12.7 Å². The third kappa shape index (κ3) is 3.17. The lowest BCUT2D eigenvalue weighted by molar-refractivity contribution is 0.416. The fraction of sp³-hybridized carbons (Fsp3) is 0.176. The number of hydrogen-bond donors (Lipinski definition) is 1. The van der Waals surface area contributed by atoms with Crippen LogP contribution in [0.1, 0.15) is 11.1 Å². The van der Waals surface area contributed by atoms with Crippen LogP contribution in [-0.2, 0) is 5.75 Å². The van der Waals surface area contributed by atoms with Gasteiger partial charge in [-0.1, -0.05) is 48.2 Å². The van der Waals surface area contributed by atoms with Gasteiger partial charge in [-0.25, -0.2) is 4.68 Å². The fourth-order valence-electron chi connectivity index (χ4n) is 2.30. The van der Waals surface area contributed by atoms with Crippen molar-refractivity contribution in [2.45, 2.75) is 17.8 Å². The van der Waals surface area contributed by atoms with Crippen LogP contribution < -0.4 is 10.6 Å². The molecular formula is C17H18N4OS. The molecule has 0 atom stereocenters. The van der Waals surface area contributed by atoms with Gasteiger partial charge in [-0.3, -0.25) is 0 Å². The molecular weight excluding hydrogens is 308 g/mol. The van der Waals surface area contributed by atoms with Crippen molar-refractivity contribution in [3.63, 3.8) is 0 Å². The van der Waals surface area contributed by atoms with Crippen LogP contribution in [0.15, 0.2) is 53.7 Å². The Morgan fingerprint density at radius 3 is 2.61 bits per heavy atom. The summed E-state index contributed by atoms with van der Waals surface area (Å²) in [6, 6.07) is 15.9. The molecule has 0 aliphatic heterocycles. The number of nitrogen functional groups attached to an aromatic ring is 1. The van der Waals surface area contributed by atoms with Gasteiger partial charge in [0, 0.05) is 5.75 Å². The lowest BCUT2D eigenvalue weighted by Crippen LogP contribution is -2.12. The molecule has 0 saturated carbocycles. The molecule has 0 radical (unpaired) electrons. The summed E-state index contributed by atoms with van der Waals surface area (Å²) in [5.41, 5.74) is 3.35. The highest BCUT2D eigenvalue weighted by Crippen LogP contribution is 2.30. The number of nitrogens with zero attached hydrogens (tertiary/aromatic N) is 3. The summed E-state index contributed by atoms with van der Waals surface area (Å²) in [7, 11) is 1.63. The molecule has 2 N–H and O–H groups in total. The molecule has 118 valence electrons. The van der Waals surface area contributed by atoms with E-state index < -0.39 is 0 Å². The van der Waals surface area contributed by atoms with Crippen LogP contribution in [0, 0.1) is 6.92 Å². The van der Waals surface area contributed by atoms with Crippen molar-refractivity contribution in [2.75, 3.05) is 13.0 Å². The average Bonchev–Trinajstić information content (AvgIpc) is 2.95. The molecule has 1 aromatic heterocycles. The zero-order valence-electron chi connectivity index (χ0n) is 13.1. The molecule has 0 amide bonds. The number of rotatable bonds is 5. The van der Waals surface area contributed by atoms with Crippen molar-refractivity contribution < 1.29 is 4.74 Å². The maximum Gasteiger partial charge on any atom is 0.210 e. The first-order valence-corrected chi connectivity index (χ1v) is 8.20. The van der Waals surface area contributed by atoms with Crippen molar-refractivity contribution in [2.24, 2.45) is 0 Å². The second-order valence-electron chi connectivity index (χ2n) is 5.09. The van der Waals surface area contributed by atoms with E-state index in [9.17, 15) is 0 Å². The summed E-state index contributed by atoms with van der Waals surface area (Å²) >= 11 is 1.57. The Hall–Kier alpha value is -2.47. The SMILES string of the molecule is COc1ccccc1-c1nnc(SCc2ccccc2C)n1N. The van der Waals surface area contributed by atoms with Gasteiger partial charge in [-0.2, -0.15) is 0 Å². The van der Waals surface area contributed by atoms with E-state index in [1.165, 1.54) is 15.8 Å². The number of nitrogens with two attached hydrogens (primary N) is 1. The van der Waals surface area contributed by atoms with Crippen molar-refractivity contribution in [3.05, 3.63) is 59.7 Å². The minimum atomic E-state index is 0.592. The van der Waals surface area contributed by atoms with E-state index in [4.69, 9.17) is 10.6 Å². The van der Waals surface area contributed by atoms with E-state index in [2.05, 4.69) is 29.3 Å². The summed E-state index contributed by atoms with van der Waals surface area (Å²) in [6.07, 6.45) is 0. The first kappa shape index (κ1) is 15.4. The van der Waals surface area contributed by atoms with Crippen LogP contribution in [0.4, 0.5) is 0 Å².